The van der Waals surface area contributed by atoms with Crippen molar-refractivity contribution < 1.29 is 43.9 Å². The smallest absolute Gasteiger partial charge is 0.306 e. The predicted molar refractivity (Wildman–Crippen MR) is 497 cm³/mol. The van der Waals surface area contributed by atoms with Gasteiger partial charge in [0.1, 0.15) is 19.8 Å². The quantitative estimate of drug-likeness (QED) is 0.0107. The average molecular weight is 1660 g/mol. The maximum atomic E-state index is 13.7. The molecule has 0 saturated heterocycles. The zero-order valence-corrected chi connectivity index (χ0v) is 69.7. The van der Waals surface area contributed by atoms with Gasteiger partial charge < -0.3 is 44.2 Å². The molecule has 0 aliphatic carbocycles. The number of anilines is 12. The van der Waals surface area contributed by atoms with E-state index in [2.05, 4.69) is 124 Å². The molecule has 12 rings (SSSR count). The summed E-state index contributed by atoms with van der Waals surface area (Å²) in [4.78, 5) is 47.6. The molecule has 18 nitrogen and oxygen atoms in total. The zero-order valence-electron chi connectivity index (χ0n) is 67.2. The Kier molecular flexibility index (Phi) is 34.0. The lowest BCUT2D eigenvalue weighted by molar-refractivity contribution is -0.161. The van der Waals surface area contributed by atoms with Crippen LogP contribution in [-0.4, -0.2) is 144 Å². The second-order valence-electron chi connectivity index (χ2n) is 28.6. The molecule has 0 heterocycles. The Bertz CT molecular complexity index is 4470. The van der Waals surface area contributed by atoms with Crippen LogP contribution in [0.3, 0.4) is 0 Å². The van der Waals surface area contributed by atoms with Crippen LogP contribution >= 0.6 is 35.3 Å². The largest absolute Gasteiger partial charge is 0.465 e. The van der Waals surface area contributed by atoms with Crippen LogP contribution in [0.4, 0.5) is 68.2 Å². The standard InChI is InChI=1S/C99H101N9O9S3/c1-2-99(75-115-96(112)60-63-118-72-93(109)69-103(81-30-12-3-13-31-81)100-66-78-48-54-90(55-49-78)106(84-36-18-6-19-37-84)85-38-20-7-21-39-85,76-116-97(113)61-64-119-73-94(110)70-104(82-32-14-4-15-33-82)101-67-79-50-56-91(57-51-79)107(86-40-22-8-23-41-86)87-42-24-9-25-43-87)77-117-98(114)62-65-120-74-95(111)71-105(83-34-16-5-17-35-83)102-68-80-52-58-92(59-53-80)108(88-44-26-10-27-45-88)89-46-28-11-29-47-89/h3-59,66-68,93-95,109-111H,2,60-65,69-77H2,1H3. The first-order valence-corrected chi connectivity index (χ1v) is 43.7. The van der Waals surface area contributed by atoms with Crippen LogP contribution in [0.2, 0.25) is 0 Å². The van der Waals surface area contributed by atoms with E-state index in [1.165, 1.54) is 35.3 Å². The number of carbonyl (C=O) groups is 3. The Labute approximate surface area is 717 Å². The van der Waals surface area contributed by atoms with Crippen LogP contribution in [0.15, 0.2) is 361 Å². The number of rotatable bonds is 46. The van der Waals surface area contributed by atoms with E-state index in [4.69, 9.17) is 29.5 Å². The van der Waals surface area contributed by atoms with E-state index in [0.717, 1.165) is 84.9 Å². The van der Waals surface area contributed by atoms with Crippen LogP contribution < -0.4 is 29.7 Å². The van der Waals surface area contributed by atoms with Crippen molar-refractivity contribution in [1.29, 1.82) is 0 Å². The van der Waals surface area contributed by atoms with E-state index in [-0.39, 0.29) is 58.7 Å². The second-order valence-corrected chi connectivity index (χ2v) is 32.0. The third-order valence-corrected chi connectivity index (χ3v) is 22.9. The van der Waals surface area contributed by atoms with Crippen LogP contribution in [-0.2, 0) is 28.6 Å². The molecule has 0 aromatic heterocycles. The van der Waals surface area contributed by atoms with E-state index in [1.54, 1.807) is 33.7 Å². The summed E-state index contributed by atoms with van der Waals surface area (Å²) in [6.45, 7) is 1.80. The number of benzene rings is 12. The number of hydrogen-bond donors (Lipinski definition) is 3. The highest BCUT2D eigenvalue weighted by molar-refractivity contribution is 7.99. The molecule has 21 heteroatoms. The predicted octanol–water partition coefficient (Wildman–Crippen LogP) is 20.5. The van der Waals surface area contributed by atoms with E-state index >= 15 is 0 Å². The third kappa shape index (κ3) is 27.2. The van der Waals surface area contributed by atoms with Gasteiger partial charge in [0.2, 0.25) is 0 Å². The number of hydrazone groups is 3. The van der Waals surface area contributed by atoms with Crippen LogP contribution in [0.1, 0.15) is 49.3 Å². The lowest BCUT2D eigenvalue weighted by Gasteiger charge is -2.31. The molecule has 120 heavy (non-hydrogen) atoms. The number of para-hydroxylation sites is 9. The van der Waals surface area contributed by atoms with Crippen molar-refractivity contribution in [1.82, 2.24) is 0 Å². The zero-order chi connectivity index (χ0) is 83.2. The molecule has 0 amide bonds. The van der Waals surface area contributed by atoms with Gasteiger partial charge in [-0.2, -0.15) is 50.6 Å². The monoisotopic (exact) mass is 1660 g/mol. The van der Waals surface area contributed by atoms with E-state index < -0.39 is 41.6 Å². The second kappa shape index (κ2) is 46.8. The van der Waals surface area contributed by atoms with Gasteiger partial charge in [-0.25, -0.2) is 0 Å². The minimum atomic E-state index is -1.10. The summed E-state index contributed by atoms with van der Waals surface area (Å²) >= 11 is 4.23. The summed E-state index contributed by atoms with van der Waals surface area (Å²) in [6.07, 6.45) is 3.24. The van der Waals surface area contributed by atoms with Crippen LogP contribution in [0.25, 0.3) is 0 Å². The van der Waals surface area contributed by atoms with Crippen molar-refractivity contribution in [3.05, 3.63) is 362 Å². The average Bonchev–Trinajstić information content (AvgIpc) is 0.820. The Balaban J connectivity index is 0.634. The van der Waals surface area contributed by atoms with Gasteiger partial charge >= 0.3 is 17.9 Å². The summed E-state index contributed by atoms with van der Waals surface area (Å²) in [5.74, 6) is 0.428. The molecule has 0 saturated carbocycles. The van der Waals surface area contributed by atoms with Crippen molar-refractivity contribution >= 4 is 140 Å². The van der Waals surface area contributed by atoms with Crippen molar-refractivity contribution in [2.45, 2.75) is 50.9 Å². The molecule has 0 aliphatic rings. The van der Waals surface area contributed by atoms with Gasteiger partial charge in [-0.15, -0.1) is 0 Å². The van der Waals surface area contributed by atoms with Gasteiger partial charge in [-0.05, 0) is 169 Å². The topological polar surface area (TPSA) is 196 Å². The van der Waals surface area contributed by atoms with E-state index in [1.807, 2.05) is 244 Å². The first kappa shape index (κ1) is 87.1. The fourth-order valence-corrected chi connectivity index (χ4v) is 15.6. The summed E-state index contributed by atoms with van der Waals surface area (Å²) in [6, 6.07) is 115. The molecule has 0 spiro atoms. The van der Waals surface area contributed by atoms with Crippen molar-refractivity contribution in [3.63, 3.8) is 0 Å². The number of aliphatic hydroxyl groups is 3. The molecular formula is C99H101N9O9S3. The van der Waals surface area contributed by atoms with Gasteiger partial charge in [0.15, 0.2) is 0 Å². The van der Waals surface area contributed by atoms with Crippen LogP contribution in [0, 0.1) is 5.41 Å². The highest BCUT2D eigenvalue weighted by atomic mass is 32.2. The van der Waals surface area contributed by atoms with E-state index in [0.29, 0.717) is 40.9 Å². The molecule has 3 N–H and O–H groups in total. The Morgan fingerprint density at radius 3 is 0.692 bits per heavy atom. The first-order chi connectivity index (χ1) is 58.9. The van der Waals surface area contributed by atoms with Crippen molar-refractivity contribution in [2.75, 3.05) is 104 Å². The van der Waals surface area contributed by atoms with E-state index in [9.17, 15) is 29.7 Å². The molecule has 3 atom stereocenters. The van der Waals surface area contributed by atoms with Gasteiger partial charge in [-0.1, -0.05) is 207 Å². The number of esters is 3. The Morgan fingerprint density at radius 2 is 0.492 bits per heavy atom. The van der Waals surface area contributed by atoms with Gasteiger partial charge in [-0.3, -0.25) is 29.4 Å². The normalized spacial score (nSPS) is 12.6. The SMILES string of the molecule is CCC(COC(=O)CCSCC(O)CN(N=Cc1ccc(N(c2ccccc2)c2ccccc2)cc1)c1ccccc1)(COC(=O)CCSCC(O)CN(N=Cc1ccc(N(c2ccccc2)c2ccccc2)cc1)c1ccccc1)COC(=O)CCSCC(O)CN(N=Cc1ccc(N(c2ccccc2)c2ccccc2)cc1)c1ccccc1. The molecule has 0 bridgehead atoms. The molecule has 12 aromatic carbocycles. The number of hydrogen-bond acceptors (Lipinski definition) is 21. The molecule has 12 aromatic rings. The lowest BCUT2D eigenvalue weighted by Crippen LogP contribution is -2.39. The van der Waals surface area contributed by atoms with Crippen molar-refractivity contribution in [2.24, 2.45) is 20.7 Å². The summed E-state index contributed by atoms with van der Waals surface area (Å²) in [5.41, 5.74) is 13.1. The number of thioether (sulfide) groups is 3. The highest BCUT2D eigenvalue weighted by Gasteiger charge is 2.35. The number of ether oxygens (including phenoxy) is 3. The molecular weight excluding hydrogens is 1560 g/mol. The Morgan fingerprint density at radius 1 is 0.300 bits per heavy atom. The Hall–Kier alpha value is -12.2. The van der Waals surface area contributed by atoms with Gasteiger partial charge in [0, 0.05) is 85.7 Å². The molecule has 0 aliphatic heterocycles. The maximum absolute atomic E-state index is 13.7. The summed E-state index contributed by atoms with van der Waals surface area (Å²) in [7, 11) is 0. The highest BCUT2D eigenvalue weighted by Crippen LogP contribution is 2.38. The third-order valence-electron chi connectivity index (χ3n) is 19.5. The summed E-state index contributed by atoms with van der Waals surface area (Å²) < 4.78 is 17.9. The fraction of sp³-hybridized carbons (Fsp3) is 0.212. The molecule has 0 fully saturated rings. The summed E-state index contributed by atoms with van der Waals surface area (Å²) in [5, 5.41) is 54.3. The molecule has 0 radical (unpaired) electrons. The minimum absolute atomic E-state index is 0.0200. The first-order valence-electron chi connectivity index (χ1n) is 40.3. The molecule has 614 valence electrons. The lowest BCUT2D eigenvalue weighted by atomic mass is 9.88. The number of nitrogens with zero attached hydrogens (tertiary/aromatic N) is 9. The fourth-order valence-electron chi connectivity index (χ4n) is 13.0. The van der Waals surface area contributed by atoms with Gasteiger partial charge in [0.25, 0.3) is 0 Å². The van der Waals surface area contributed by atoms with Gasteiger partial charge in [0.05, 0.1) is 98.3 Å². The molecule has 3 unspecified atom stereocenters. The maximum Gasteiger partial charge on any atom is 0.306 e. The van der Waals surface area contributed by atoms with Crippen molar-refractivity contribution in [3.8, 4) is 0 Å². The van der Waals surface area contributed by atoms with Crippen LogP contribution in [0.5, 0.6) is 0 Å². The number of aliphatic hydroxyl groups excluding tert-OH is 3. The number of carbonyl (C=O) groups excluding carboxylic acids is 3. The minimum Gasteiger partial charge on any atom is -0.465 e.